The zero-order valence-corrected chi connectivity index (χ0v) is 25.7. The van der Waals surface area contributed by atoms with Crippen LogP contribution >= 0.6 is 0 Å². The van der Waals surface area contributed by atoms with Crippen molar-refractivity contribution >= 4 is 0 Å². The third kappa shape index (κ3) is 7.14. The molecule has 5 aliphatic rings. The predicted molar refractivity (Wildman–Crippen MR) is 163 cm³/mol. The molecule has 0 spiro atoms. The van der Waals surface area contributed by atoms with Crippen molar-refractivity contribution in [3.8, 4) is 0 Å². The molecule has 9 atom stereocenters. The number of ether oxygens (including phenoxy) is 2. The quantitative estimate of drug-likeness (QED) is 0.361. The number of hydrogen-bond donors (Lipinski definition) is 2. The van der Waals surface area contributed by atoms with Gasteiger partial charge in [-0.15, -0.1) is 0 Å². The third-order valence-electron chi connectivity index (χ3n) is 11.6. The molecule has 5 fully saturated rings. The van der Waals surface area contributed by atoms with Crippen molar-refractivity contribution in [3.63, 3.8) is 0 Å². The molecule has 2 saturated heterocycles. The Bertz CT molecular complexity index is 916. The molecular formula is C35H57N3O2. The van der Waals surface area contributed by atoms with E-state index in [0.29, 0.717) is 24.4 Å². The SMILES string of the molecule is Cc1ccc(COC2CCC3C(CCC4C(C5CCN(CCOCC6CCC(C)C6)CC5)NC(C)NC34)C2)cc1. The number of piperidine rings is 1. The molecule has 6 rings (SSSR count). The Kier molecular flexibility index (Phi) is 9.86. The van der Waals surface area contributed by atoms with Crippen molar-refractivity contribution in [2.24, 2.45) is 35.5 Å². The summed E-state index contributed by atoms with van der Waals surface area (Å²) in [5.74, 6) is 4.98. The van der Waals surface area contributed by atoms with Gasteiger partial charge in [0.15, 0.2) is 0 Å². The van der Waals surface area contributed by atoms with E-state index < -0.39 is 0 Å². The van der Waals surface area contributed by atoms with E-state index in [9.17, 15) is 0 Å². The molecule has 2 heterocycles. The van der Waals surface area contributed by atoms with Crippen LogP contribution in [-0.4, -0.2) is 62.1 Å². The maximum Gasteiger partial charge on any atom is 0.0720 e. The van der Waals surface area contributed by atoms with Crippen molar-refractivity contribution in [1.82, 2.24) is 15.5 Å². The molecule has 224 valence electrons. The molecule has 0 radical (unpaired) electrons. The lowest BCUT2D eigenvalue weighted by atomic mass is 9.60. The largest absolute Gasteiger partial charge is 0.380 e. The Hall–Kier alpha value is -0.980. The Balaban J connectivity index is 0.952. The number of hydrogen-bond acceptors (Lipinski definition) is 5. The van der Waals surface area contributed by atoms with E-state index >= 15 is 0 Å². The highest BCUT2D eigenvalue weighted by atomic mass is 16.5. The summed E-state index contributed by atoms with van der Waals surface area (Å²) < 4.78 is 12.6. The fraction of sp³-hybridized carbons (Fsp3) is 0.829. The summed E-state index contributed by atoms with van der Waals surface area (Å²) in [6.45, 7) is 13.2. The van der Waals surface area contributed by atoms with E-state index in [2.05, 4.69) is 60.6 Å². The zero-order valence-electron chi connectivity index (χ0n) is 25.7. The number of aryl methyl sites for hydroxylation is 1. The molecule has 5 nitrogen and oxygen atoms in total. The molecule has 3 aliphatic carbocycles. The molecular weight excluding hydrogens is 494 g/mol. The van der Waals surface area contributed by atoms with Gasteiger partial charge in [0.1, 0.15) is 0 Å². The van der Waals surface area contributed by atoms with E-state index in [1.807, 2.05) is 0 Å². The van der Waals surface area contributed by atoms with Gasteiger partial charge < -0.3 is 14.4 Å². The summed E-state index contributed by atoms with van der Waals surface area (Å²) in [7, 11) is 0. The molecule has 1 aromatic carbocycles. The molecule has 0 bridgehead atoms. The molecule has 0 amide bonds. The first-order valence-corrected chi connectivity index (χ1v) is 17.0. The minimum Gasteiger partial charge on any atom is -0.380 e. The van der Waals surface area contributed by atoms with Gasteiger partial charge in [0.25, 0.3) is 0 Å². The second kappa shape index (κ2) is 13.5. The lowest BCUT2D eigenvalue weighted by Crippen LogP contribution is -2.68. The Morgan fingerprint density at radius 1 is 0.800 bits per heavy atom. The highest BCUT2D eigenvalue weighted by Gasteiger charge is 2.49. The summed E-state index contributed by atoms with van der Waals surface area (Å²) in [5.41, 5.74) is 2.63. The van der Waals surface area contributed by atoms with Gasteiger partial charge in [0, 0.05) is 25.2 Å². The fourth-order valence-corrected chi connectivity index (χ4v) is 9.34. The first-order chi connectivity index (χ1) is 19.5. The fourth-order valence-electron chi connectivity index (χ4n) is 9.34. The van der Waals surface area contributed by atoms with Gasteiger partial charge in [0.05, 0.1) is 25.5 Å². The highest BCUT2D eigenvalue weighted by molar-refractivity contribution is 5.20. The summed E-state index contributed by atoms with van der Waals surface area (Å²) in [6.07, 6.45) is 14.3. The average molecular weight is 552 g/mol. The number of fused-ring (bicyclic) bond motifs is 3. The van der Waals surface area contributed by atoms with Crippen LogP contribution in [0.1, 0.15) is 89.2 Å². The topological polar surface area (TPSA) is 45.8 Å². The van der Waals surface area contributed by atoms with Gasteiger partial charge in [0.2, 0.25) is 0 Å². The standard InChI is InChI=1S/C35H57N3O2/c1-24-4-7-27(8-5-24)23-40-31-11-13-32-30(21-31)10-12-33-34(36-26(3)37-35(32)33)29-14-16-38(17-15-29)18-19-39-22-28-9-6-25(2)20-28/h4-5,7-8,25-26,28-37H,6,9-23H2,1-3H3. The maximum absolute atomic E-state index is 6.46. The molecule has 2 aliphatic heterocycles. The minimum absolute atomic E-state index is 0.422. The summed E-state index contributed by atoms with van der Waals surface area (Å²) in [5, 5.41) is 8.11. The number of nitrogens with zero attached hydrogens (tertiary/aromatic N) is 1. The van der Waals surface area contributed by atoms with Crippen LogP contribution in [0, 0.1) is 42.4 Å². The van der Waals surface area contributed by atoms with Gasteiger partial charge in [-0.05, 0) is 126 Å². The van der Waals surface area contributed by atoms with Crippen molar-refractivity contribution in [2.75, 3.05) is 32.8 Å². The molecule has 3 saturated carbocycles. The molecule has 9 unspecified atom stereocenters. The first-order valence-electron chi connectivity index (χ1n) is 17.0. The van der Waals surface area contributed by atoms with Gasteiger partial charge in [-0.1, -0.05) is 43.2 Å². The summed E-state index contributed by atoms with van der Waals surface area (Å²) in [6, 6.07) is 10.2. The minimum atomic E-state index is 0.422. The van der Waals surface area contributed by atoms with Crippen LogP contribution in [0.25, 0.3) is 0 Å². The van der Waals surface area contributed by atoms with Gasteiger partial charge >= 0.3 is 0 Å². The van der Waals surface area contributed by atoms with Crippen molar-refractivity contribution < 1.29 is 9.47 Å². The number of nitrogens with one attached hydrogen (secondary N) is 2. The van der Waals surface area contributed by atoms with Crippen LogP contribution in [-0.2, 0) is 16.1 Å². The van der Waals surface area contributed by atoms with Crippen LogP contribution in [0.3, 0.4) is 0 Å². The van der Waals surface area contributed by atoms with Crippen LogP contribution < -0.4 is 10.6 Å². The van der Waals surface area contributed by atoms with Crippen LogP contribution in [0.2, 0.25) is 0 Å². The highest BCUT2D eigenvalue weighted by Crippen LogP contribution is 2.47. The van der Waals surface area contributed by atoms with Crippen LogP contribution in [0.4, 0.5) is 0 Å². The number of benzene rings is 1. The zero-order chi connectivity index (χ0) is 27.5. The molecule has 0 aromatic heterocycles. The second-order valence-electron chi connectivity index (χ2n) is 14.5. The first kappa shape index (κ1) is 29.1. The predicted octanol–water partition coefficient (Wildman–Crippen LogP) is 6.15. The van der Waals surface area contributed by atoms with Gasteiger partial charge in [-0.3, -0.25) is 10.6 Å². The monoisotopic (exact) mass is 551 g/mol. The van der Waals surface area contributed by atoms with E-state index in [-0.39, 0.29) is 0 Å². The number of likely N-dealkylation sites (tertiary alicyclic amines) is 1. The van der Waals surface area contributed by atoms with Gasteiger partial charge in [-0.2, -0.15) is 0 Å². The Labute approximate surface area is 244 Å². The van der Waals surface area contributed by atoms with Crippen LogP contribution in [0.5, 0.6) is 0 Å². The lowest BCUT2D eigenvalue weighted by molar-refractivity contribution is -0.0564. The average Bonchev–Trinajstić information content (AvgIpc) is 3.39. The van der Waals surface area contributed by atoms with E-state index in [4.69, 9.17) is 9.47 Å². The van der Waals surface area contributed by atoms with E-state index in [0.717, 1.165) is 61.9 Å². The van der Waals surface area contributed by atoms with E-state index in [1.54, 1.807) is 0 Å². The normalized spacial score (nSPS) is 39.1. The second-order valence-corrected chi connectivity index (χ2v) is 14.5. The van der Waals surface area contributed by atoms with Crippen molar-refractivity contribution in [3.05, 3.63) is 35.4 Å². The number of rotatable bonds is 9. The van der Waals surface area contributed by atoms with Crippen molar-refractivity contribution in [1.29, 1.82) is 0 Å². The Morgan fingerprint density at radius 3 is 2.35 bits per heavy atom. The van der Waals surface area contributed by atoms with Crippen molar-refractivity contribution in [2.45, 2.75) is 116 Å². The summed E-state index contributed by atoms with van der Waals surface area (Å²) in [4.78, 5) is 2.67. The molecule has 1 aromatic rings. The molecule has 40 heavy (non-hydrogen) atoms. The third-order valence-corrected chi connectivity index (χ3v) is 11.6. The molecule has 5 heteroatoms. The smallest absolute Gasteiger partial charge is 0.0720 e. The van der Waals surface area contributed by atoms with Crippen LogP contribution in [0.15, 0.2) is 24.3 Å². The van der Waals surface area contributed by atoms with Gasteiger partial charge in [-0.25, -0.2) is 0 Å². The summed E-state index contributed by atoms with van der Waals surface area (Å²) >= 11 is 0. The lowest BCUT2D eigenvalue weighted by Gasteiger charge is -2.55. The molecule has 2 N–H and O–H groups in total. The van der Waals surface area contributed by atoms with E-state index in [1.165, 1.54) is 88.4 Å². The Morgan fingerprint density at radius 2 is 1.57 bits per heavy atom. The maximum atomic E-state index is 6.46.